The van der Waals surface area contributed by atoms with Crippen LogP contribution in [0.5, 0.6) is 0 Å². The Morgan fingerprint density at radius 2 is 1.89 bits per heavy atom. The molecule has 92 valence electrons. The maximum atomic E-state index is 7.56. The number of hydrogen-bond acceptors (Lipinski definition) is 3. The van der Waals surface area contributed by atoms with Gasteiger partial charge in [-0.2, -0.15) is 0 Å². The summed E-state index contributed by atoms with van der Waals surface area (Å²) in [6.45, 7) is 0. The summed E-state index contributed by atoms with van der Waals surface area (Å²) < 4.78 is 0. The molecule has 0 amide bonds. The van der Waals surface area contributed by atoms with Gasteiger partial charge < -0.3 is 5.73 Å². The topological polar surface area (TPSA) is 62.8 Å². The van der Waals surface area contributed by atoms with E-state index in [2.05, 4.69) is 4.98 Å². The number of nitrogens with one attached hydrogen (secondary N) is 1. The predicted molar refractivity (Wildman–Crippen MR) is 75.8 cm³/mol. The van der Waals surface area contributed by atoms with E-state index >= 15 is 0 Å². The highest BCUT2D eigenvalue weighted by atomic mass is 35.5. The van der Waals surface area contributed by atoms with E-state index in [4.69, 9.17) is 34.3 Å². The molecule has 0 atom stereocenters. The SMILES string of the molecule is N=C(N)c1c(Cl)cccc1Sc1ncccc1Cl. The molecular formula is C12H9Cl2N3S. The predicted octanol–water partition coefficient (Wildman–Crippen LogP) is 3.82. The van der Waals surface area contributed by atoms with Crippen LogP contribution in [-0.4, -0.2) is 10.8 Å². The van der Waals surface area contributed by atoms with Gasteiger partial charge in [-0.1, -0.05) is 41.0 Å². The van der Waals surface area contributed by atoms with Crippen molar-refractivity contribution in [3.63, 3.8) is 0 Å². The fourth-order valence-electron chi connectivity index (χ4n) is 1.40. The average molecular weight is 298 g/mol. The smallest absolute Gasteiger partial charge is 0.125 e. The number of nitrogens with zero attached hydrogens (tertiary/aromatic N) is 1. The molecule has 1 aromatic heterocycles. The van der Waals surface area contributed by atoms with Crippen molar-refractivity contribution in [1.82, 2.24) is 4.98 Å². The third-order valence-corrected chi connectivity index (χ3v) is 3.99. The second kappa shape index (κ2) is 5.61. The van der Waals surface area contributed by atoms with E-state index in [0.29, 0.717) is 20.6 Å². The highest BCUT2D eigenvalue weighted by Gasteiger charge is 2.13. The Balaban J connectivity index is 2.44. The van der Waals surface area contributed by atoms with Crippen LogP contribution in [0.15, 0.2) is 46.5 Å². The average Bonchev–Trinajstić information content (AvgIpc) is 2.31. The molecule has 0 aliphatic heterocycles. The molecule has 0 spiro atoms. The molecular weight excluding hydrogens is 289 g/mol. The molecule has 18 heavy (non-hydrogen) atoms. The molecule has 0 radical (unpaired) electrons. The van der Waals surface area contributed by atoms with Crippen LogP contribution in [0.25, 0.3) is 0 Å². The van der Waals surface area contributed by atoms with Crippen molar-refractivity contribution < 1.29 is 0 Å². The molecule has 0 aliphatic rings. The van der Waals surface area contributed by atoms with Crippen molar-refractivity contribution in [2.45, 2.75) is 9.92 Å². The van der Waals surface area contributed by atoms with Crippen molar-refractivity contribution in [1.29, 1.82) is 5.41 Å². The van der Waals surface area contributed by atoms with E-state index in [1.165, 1.54) is 11.8 Å². The van der Waals surface area contributed by atoms with E-state index in [-0.39, 0.29) is 5.84 Å². The van der Waals surface area contributed by atoms with Gasteiger partial charge in [-0.15, -0.1) is 0 Å². The van der Waals surface area contributed by atoms with Crippen LogP contribution in [0.1, 0.15) is 5.56 Å². The number of benzene rings is 1. The minimum Gasteiger partial charge on any atom is -0.384 e. The maximum Gasteiger partial charge on any atom is 0.125 e. The molecule has 0 bridgehead atoms. The second-order valence-electron chi connectivity index (χ2n) is 3.42. The van der Waals surface area contributed by atoms with Crippen molar-refractivity contribution in [3.05, 3.63) is 52.1 Å². The number of hydrogen-bond donors (Lipinski definition) is 2. The zero-order chi connectivity index (χ0) is 13.1. The highest BCUT2D eigenvalue weighted by molar-refractivity contribution is 7.99. The van der Waals surface area contributed by atoms with Crippen molar-refractivity contribution in [2.75, 3.05) is 0 Å². The van der Waals surface area contributed by atoms with Crippen molar-refractivity contribution in [2.24, 2.45) is 5.73 Å². The second-order valence-corrected chi connectivity index (χ2v) is 5.26. The molecule has 6 heteroatoms. The highest BCUT2D eigenvalue weighted by Crippen LogP contribution is 2.35. The molecule has 0 unspecified atom stereocenters. The fraction of sp³-hybridized carbons (Fsp3) is 0. The van der Waals surface area contributed by atoms with Crippen LogP contribution in [0.4, 0.5) is 0 Å². The summed E-state index contributed by atoms with van der Waals surface area (Å²) in [6.07, 6.45) is 1.66. The first-order valence-electron chi connectivity index (χ1n) is 5.01. The quantitative estimate of drug-likeness (QED) is 0.668. The van der Waals surface area contributed by atoms with Crippen LogP contribution in [0, 0.1) is 5.41 Å². The van der Waals surface area contributed by atoms with Crippen LogP contribution in [-0.2, 0) is 0 Å². The Kier molecular flexibility index (Phi) is 4.11. The van der Waals surface area contributed by atoms with Crippen LogP contribution in [0.2, 0.25) is 10.0 Å². The molecule has 3 nitrogen and oxygen atoms in total. The number of halogens is 2. The van der Waals surface area contributed by atoms with Gasteiger partial charge in [0, 0.05) is 16.7 Å². The molecule has 0 saturated carbocycles. The first-order valence-corrected chi connectivity index (χ1v) is 6.58. The lowest BCUT2D eigenvalue weighted by Gasteiger charge is -2.09. The summed E-state index contributed by atoms with van der Waals surface area (Å²) in [4.78, 5) is 4.94. The third-order valence-electron chi connectivity index (χ3n) is 2.18. The summed E-state index contributed by atoms with van der Waals surface area (Å²) in [5.41, 5.74) is 6.04. The summed E-state index contributed by atoms with van der Waals surface area (Å²) in [6, 6.07) is 8.85. The first kappa shape index (κ1) is 13.2. The zero-order valence-corrected chi connectivity index (χ0v) is 11.5. The van der Waals surface area contributed by atoms with Crippen LogP contribution in [0.3, 0.4) is 0 Å². The summed E-state index contributed by atoms with van der Waals surface area (Å²) >= 11 is 13.4. The molecule has 0 saturated heterocycles. The van der Waals surface area contributed by atoms with E-state index in [0.717, 1.165) is 4.90 Å². The van der Waals surface area contributed by atoms with Crippen molar-refractivity contribution in [3.8, 4) is 0 Å². The number of nitrogens with two attached hydrogens (primary N) is 1. The van der Waals surface area contributed by atoms with Crippen LogP contribution >= 0.6 is 35.0 Å². The Labute approximate surface area is 119 Å². The number of nitrogen functional groups attached to an aromatic ring is 1. The molecule has 2 aromatic rings. The zero-order valence-electron chi connectivity index (χ0n) is 9.15. The molecule has 3 N–H and O–H groups in total. The van der Waals surface area contributed by atoms with Gasteiger partial charge in [0.05, 0.1) is 10.0 Å². The molecule has 1 aromatic carbocycles. The van der Waals surface area contributed by atoms with E-state index in [9.17, 15) is 0 Å². The number of pyridine rings is 1. The largest absolute Gasteiger partial charge is 0.384 e. The first-order chi connectivity index (χ1) is 8.59. The van der Waals surface area contributed by atoms with Gasteiger partial charge in [-0.25, -0.2) is 4.98 Å². The van der Waals surface area contributed by atoms with E-state index in [1.54, 1.807) is 30.5 Å². The number of rotatable bonds is 3. The van der Waals surface area contributed by atoms with Gasteiger partial charge in [0.2, 0.25) is 0 Å². The van der Waals surface area contributed by atoms with Gasteiger partial charge in [0.15, 0.2) is 0 Å². The Bertz CT molecular complexity index is 602. The standard InChI is InChI=1S/C12H9Cl2N3S/c13-7-3-1-5-9(10(7)11(15)16)18-12-8(14)4-2-6-17-12/h1-6H,(H3,15,16). The van der Waals surface area contributed by atoms with E-state index < -0.39 is 0 Å². The summed E-state index contributed by atoms with van der Waals surface area (Å²) in [5, 5.41) is 9.22. The minimum absolute atomic E-state index is 0.0739. The molecule has 2 rings (SSSR count). The molecule has 1 heterocycles. The third kappa shape index (κ3) is 2.77. The summed E-state index contributed by atoms with van der Waals surface area (Å²) in [7, 11) is 0. The molecule has 0 aliphatic carbocycles. The monoisotopic (exact) mass is 297 g/mol. The lowest BCUT2D eigenvalue weighted by Crippen LogP contribution is -2.13. The molecule has 0 fully saturated rings. The maximum absolute atomic E-state index is 7.56. The summed E-state index contributed by atoms with van der Waals surface area (Å²) in [5.74, 6) is -0.0739. The Morgan fingerprint density at radius 3 is 2.56 bits per heavy atom. The Morgan fingerprint density at radius 1 is 1.17 bits per heavy atom. The lowest BCUT2D eigenvalue weighted by atomic mass is 10.2. The minimum atomic E-state index is -0.0739. The van der Waals surface area contributed by atoms with Crippen LogP contribution < -0.4 is 5.73 Å². The van der Waals surface area contributed by atoms with Gasteiger partial charge in [-0.05, 0) is 24.3 Å². The number of aromatic nitrogens is 1. The van der Waals surface area contributed by atoms with Gasteiger partial charge in [0.25, 0.3) is 0 Å². The van der Waals surface area contributed by atoms with Crippen molar-refractivity contribution >= 4 is 40.8 Å². The van der Waals surface area contributed by atoms with Gasteiger partial charge in [0.1, 0.15) is 10.9 Å². The van der Waals surface area contributed by atoms with E-state index in [1.807, 2.05) is 6.07 Å². The van der Waals surface area contributed by atoms with Gasteiger partial charge in [-0.3, -0.25) is 5.41 Å². The normalized spacial score (nSPS) is 10.3. The fourth-order valence-corrected chi connectivity index (χ4v) is 2.93. The lowest BCUT2D eigenvalue weighted by molar-refractivity contribution is 1.13. The Hall–Kier alpha value is -1.23. The van der Waals surface area contributed by atoms with Gasteiger partial charge >= 0.3 is 0 Å². The number of amidine groups is 1.